The maximum atomic E-state index is 10.3. The van der Waals surface area contributed by atoms with Crippen LogP contribution >= 0.6 is 0 Å². The summed E-state index contributed by atoms with van der Waals surface area (Å²) in [5, 5.41) is 20.6. The Labute approximate surface area is 184 Å². The van der Waals surface area contributed by atoms with Crippen molar-refractivity contribution in [2.24, 2.45) is 9.98 Å². The van der Waals surface area contributed by atoms with Gasteiger partial charge in [0.15, 0.2) is 0 Å². The van der Waals surface area contributed by atoms with E-state index in [4.69, 9.17) is 9.98 Å². The quantitative estimate of drug-likeness (QED) is 0.516. The molecule has 2 aromatic carbocycles. The minimum atomic E-state index is 0. The number of nitrogens with zero attached hydrogens (tertiary/aromatic N) is 2. The van der Waals surface area contributed by atoms with Crippen molar-refractivity contribution >= 4 is 12.4 Å². The number of phenols is 2. The standard InChI is InChI=1S/C24H30N2O2.Mn/c1-15-9-17(3)23(27)19(11-15)13-25-21-7-5-6-8-22(21)26-14-20-12-16(2)10-18(4)24(20)28;/h9-14,21-22,27-28H,5-8H2,1-4H3;/t21-,22-;/m0./s1. The smallest absolute Gasteiger partial charge is 0.127 e. The molecule has 1 radical (unpaired) electrons. The van der Waals surface area contributed by atoms with Crippen LogP contribution < -0.4 is 0 Å². The molecule has 2 aromatic rings. The Morgan fingerprint density at radius 1 is 0.724 bits per heavy atom. The summed E-state index contributed by atoms with van der Waals surface area (Å²) in [6.45, 7) is 7.86. The first-order valence-corrected chi connectivity index (χ1v) is 10.0. The molecule has 4 nitrogen and oxygen atoms in total. The zero-order valence-electron chi connectivity index (χ0n) is 17.6. The Bertz CT molecular complexity index is 846. The molecule has 0 unspecified atom stereocenters. The van der Waals surface area contributed by atoms with Crippen LogP contribution in [0.4, 0.5) is 0 Å². The number of hydrogen-bond acceptors (Lipinski definition) is 4. The average Bonchev–Trinajstić information content (AvgIpc) is 2.65. The van der Waals surface area contributed by atoms with Gasteiger partial charge in [-0.1, -0.05) is 25.0 Å². The normalized spacial score (nSPS) is 19.6. The van der Waals surface area contributed by atoms with E-state index in [9.17, 15) is 10.2 Å². The number of hydrogen-bond donors (Lipinski definition) is 2. The molecule has 0 heterocycles. The molecule has 0 saturated heterocycles. The number of rotatable bonds is 4. The predicted octanol–water partition coefficient (Wildman–Crippen LogP) is 5.18. The molecule has 0 amide bonds. The summed E-state index contributed by atoms with van der Waals surface area (Å²) in [6, 6.07) is 8.05. The average molecular weight is 433 g/mol. The zero-order valence-corrected chi connectivity index (χ0v) is 18.8. The maximum Gasteiger partial charge on any atom is 0.127 e. The second-order valence-electron chi connectivity index (χ2n) is 8.01. The third-order valence-electron chi connectivity index (χ3n) is 5.45. The third kappa shape index (κ3) is 5.71. The first kappa shape index (κ1) is 23.2. The van der Waals surface area contributed by atoms with Gasteiger partial charge >= 0.3 is 0 Å². The minimum Gasteiger partial charge on any atom is -0.507 e. The molecule has 1 saturated carbocycles. The van der Waals surface area contributed by atoms with Crippen molar-refractivity contribution in [3.8, 4) is 11.5 Å². The molecule has 0 aromatic heterocycles. The largest absolute Gasteiger partial charge is 0.507 e. The van der Waals surface area contributed by atoms with Crippen LogP contribution in [0.15, 0.2) is 34.3 Å². The predicted molar refractivity (Wildman–Crippen MR) is 116 cm³/mol. The summed E-state index contributed by atoms with van der Waals surface area (Å²) in [7, 11) is 0. The molecule has 29 heavy (non-hydrogen) atoms. The van der Waals surface area contributed by atoms with Crippen LogP contribution in [0.3, 0.4) is 0 Å². The van der Waals surface area contributed by atoms with Gasteiger partial charge in [0.1, 0.15) is 11.5 Å². The molecule has 2 N–H and O–H groups in total. The van der Waals surface area contributed by atoms with E-state index in [1.807, 2.05) is 52.0 Å². The summed E-state index contributed by atoms with van der Waals surface area (Å²) in [6.07, 6.45) is 7.85. The van der Waals surface area contributed by atoms with Gasteiger partial charge in [-0.2, -0.15) is 0 Å². The zero-order chi connectivity index (χ0) is 20.3. The number of aryl methyl sites for hydroxylation is 4. The van der Waals surface area contributed by atoms with E-state index in [0.717, 1.165) is 59.1 Å². The Balaban J connectivity index is 0.00000300. The molecule has 1 aliphatic carbocycles. The maximum absolute atomic E-state index is 10.3. The Morgan fingerprint density at radius 2 is 1.10 bits per heavy atom. The Kier molecular flexibility index (Phi) is 8.06. The van der Waals surface area contributed by atoms with Crippen molar-refractivity contribution in [1.82, 2.24) is 0 Å². The first-order valence-electron chi connectivity index (χ1n) is 10.0. The second-order valence-corrected chi connectivity index (χ2v) is 8.01. The van der Waals surface area contributed by atoms with E-state index >= 15 is 0 Å². The molecule has 0 spiro atoms. The van der Waals surface area contributed by atoms with Crippen LogP contribution in [0.2, 0.25) is 0 Å². The molecule has 5 heteroatoms. The number of aromatic hydroxyl groups is 2. The molecular formula is C24H30MnN2O2. The van der Waals surface area contributed by atoms with Crippen molar-refractivity contribution < 1.29 is 27.3 Å². The van der Waals surface area contributed by atoms with Gasteiger partial charge in [0, 0.05) is 40.6 Å². The van der Waals surface area contributed by atoms with Crippen LogP contribution in [0.25, 0.3) is 0 Å². The van der Waals surface area contributed by atoms with Crippen LogP contribution in [0, 0.1) is 27.7 Å². The molecule has 2 atom stereocenters. The van der Waals surface area contributed by atoms with Gasteiger partial charge < -0.3 is 10.2 Å². The summed E-state index contributed by atoms with van der Waals surface area (Å²) in [5.41, 5.74) is 5.48. The van der Waals surface area contributed by atoms with Crippen molar-refractivity contribution in [3.05, 3.63) is 57.6 Å². The minimum absolute atomic E-state index is 0. The van der Waals surface area contributed by atoms with E-state index in [1.165, 1.54) is 0 Å². The molecule has 1 aliphatic rings. The van der Waals surface area contributed by atoms with Crippen LogP contribution in [-0.4, -0.2) is 34.7 Å². The molecule has 3 rings (SSSR count). The SMILES string of the molecule is Cc1cc(C)c(O)c(C=N[C@H]2CCCC[C@@H]2N=Cc2cc(C)cc(C)c2O)c1.[Mn]. The first-order chi connectivity index (χ1) is 13.3. The summed E-state index contributed by atoms with van der Waals surface area (Å²) in [4.78, 5) is 9.57. The Morgan fingerprint density at radius 3 is 1.48 bits per heavy atom. The van der Waals surface area contributed by atoms with Crippen molar-refractivity contribution in [1.29, 1.82) is 0 Å². The summed E-state index contributed by atoms with van der Waals surface area (Å²) >= 11 is 0. The van der Waals surface area contributed by atoms with Crippen LogP contribution in [0.1, 0.15) is 59.1 Å². The number of phenolic OH excluding ortho intramolecular Hbond substituents is 2. The topological polar surface area (TPSA) is 65.2 Å². The van der Waals surface area contributed by atoms with Crippen molar-refractivity contribution in [3.63, 3.8) is 0 Å². The Hall–Kier alpha value is -2.10. The van der Waals surface area contributed by atoms with E-state index in [2.05, 4.69) is 0 Å². The monoisotopic (exact) mass is 433 g/mol. The number of benzene rings is 2. The van der Waals surface area contributed by atoms with E-state index in [1.54, 1.807) is 12.4 Å². The molecule has 1 fully saturated rings. The fourth-order valence-electron chi connectivity index (χ4n) is 3.97. The van der Waals surface area contributed by atoms with Gasteiger partial charge in [-0.3, -0.25) is 9.98 Å². The molecular weight excluding hydrogens is 403 g/mol. The van der Waals surface area contributed by atoms with E-state index in [-0.39, 0.29) is 29.2 Å². The van der Waals surface area contributed by atoms with Gasteiger partial charge in [-0.25, -0.2) is 0 Å². The van der Waals surface area contributed by atoms with E-state index in [0.29, 0.717) is 11.5 Å². The van der Waals surface area contributed by atoms with Crippen LogP contribution in [-0.2, 0) is 17.1 Å². The van der Waals surface area contributed by atoms with Crippen molar-refractivity contribution in [2.45, 2.75) is 65.5 Å². The molecule has 155 valence electrons. The summed E-state index contributed by atoms with van der Waals surface area (Å²) < 4.78 is 0. The van der Waals surface area contributed by atoms with Crippen LogP contribution in [0.5, 0.6) is 11.5 Å². The molecule has 0 bridgehead atoms. The van der Waals surface area contributed by atoms with Gasteiger partial charge in [-0.05, 0) is 74.9 Å². The third-order valence-corrected chi connectivity index (χ3v) is 5.45. The summed E-state index contributed by atoms with van der Waals surface area (Å²) in [5.74, 6) is 0.593. The van der Waals surface area contributed by atoms with Gasteiger partial charge in [-0.15, -0.1) is 0 Å². The fourth-order valence-corrected chi connectivity index (χ4v) is 3.97. The van der Waals surface area contributed by atoms with Gasteiger partial charge in [0.25, 0.3) is 0 Å². The van der Waals surface area contributed by atoms with Gasteiger partial charge in [0.05, 0.1) is 12.1 Å². The number of aliphatic imine (C=N–C) groups is 2. The molecule has 0 aliphatic heterocycles. The second kappa shape index (κ2) is 10.1. The van der Waals surface area contributed by atoms with Gasteiger partial charge in [0.2, 0.25) is 0 Å². The fraction of sp³-hybridized carbons (Fsp3) is 0.417. The van der Waals surface area contributed by atoms with E-state index < -0.39 is 0 Å². The van der Waals surface area contributed by atoms with Crippen molar-refractivity contribution in [2.75, 3.05) is 0 Å².